The molecule has 0 radical (unpaired) electrons. The van der Waals surface area contributed by atoms with Gasteiger partial charge in [0, 0.05) is 17.1 Å². The number of hydrogen-bond donors (Lipinski definition) is 2. The van der Waals surface area contributed by atoms with Crippen LogP contribution in [0.5, 0.6) is 0 Å². The number of hydrogen-bond acceptors (Lipinski definition) is 5. The van der Waals surface area contributed by atoms with Crippen LogP contribution in [0.3, 0.4) is 0 Å². The van der Waals surface area contributed by atoms with Crippen molar-refractivity contribution in [3.05, 3.63) is 0 Å². The standard InChI is InChI=1S/2Cr.Fe.K.2H2O.5O.H/h;;;;2*1H2;;;;;;/q2*+1;;;;;;;;;;/p-2. The van der Waals surface area contributed by atoms with E-state index < -0.39 is 27.2 Å². The zero-order valence-corrected chi connectivity index (χ0v) is 7.76. The first-order valence-electron chi connectivity index (χ1n) is 1.37. The maximum absolute atomic E-state index is 9.53. The van der Waals surface area contributed by atoms with Crippen LogP contribution < -0.4 is 0 Å². The van der Waals surface area contributed by atoms with Crippen molar-refractivity contribution in [2.45, 2.75) is 0 Å². The summed E-state index contributed by atoms with van der Waals surface area (Å²) in [4.78, 5) is 0. The fourth-order valence-corrected chi connectivity index (χ4v) is 1.85. The van der Waals surface area contributed by atoms with E-state index in [1.165, 1.54) is 0 Å². The van der Waals surface area contributed by atoms with E-state index in [4.69, 9.17) is 8.32 Å². The first kappa shape index (κ1) is 19.0. The van der Waals surface area contributed by atoms with Crippen LogP contribution in [0.2, 0.25) is 0 Å². The van der Waals surface area contributed by atoms with Gasteiger partial charge in [-0.2, -0.15) is 0 Å². The Bertz CT molecular complexity index is 242. The van der Waals surface area contributed by atoms with Crippen molar-refractivity contribution in [1.29, 1.82) is 0 Å². The molecule has 0 aromatic carbocycles. The number of rotatable bonds is 2. The van der Waals surface area contributed by atoms with Crippen LogP contribution in [0.4, 0.5) is 0 Å². The predicted octanol–water partition coefficient (Wildman–Crippen LogP) is -2.31. The third kappa shape index (κ3) is 18.9. The first-order valence-corrected chi connectivity index (χ1v) is 5.63. The van der Waals surface area contributed by atoms with Gasteiger partial charge in [-0.3, -0.25) is 0 Å². The molecule has 0 aliphatic carbocycles. The Morgan fingerprint density at radius 2 is 1.09 bits per heavy atom. The van der Waals surface area contributed by atoms with Gasteiger partial charge in [-0.05, 0) is 0 Å². The van der Waals surface area contributed by atoms with Crippen LogP contribution in [0.25, 0.3) is 0 Å². The molecule has 0 aromatic heterocycles. The molecule has 0 aromatic rings. The van der Waals surface area contributed by atoms with E-state index >= 15 is 0 Å². The normalized spacial score (nSPS) is 11.1. The van der Waals surface area contributed by atoms with Gasteiger partial charge >= 0.3 is 105 Å². The summed E-state index contributed by atoms with van der Waals surface area (Å²) in [7, 11) is 0. The van der Waals surface area contributed by atoms with E-state index in [-0.39, 0.29) is 68.5 Å². The van der Waals surface area contributed by atoms with Gasteiger partial charge in [0.05, 0.1) is 0 Å². The molecule has 0 unspecified atom stereocenters. The van der Waals surface area contributed by atoms with E-state index in [2.05, 4.69) is 2.84 Å². The van der Waals surface area contributed by atoms with Crippen LogP contribution >= 0.6 is 0 Å². The summed E-state index contributed by atoms with van der Waals surface area (Å²) < 4.78 is 56.3. The summed E-state index contributed by atoms with van der Waals surface area (Å²) in [5.41, 5.74) is 0. The van der Waals surface area contributed by atoms with Gasteiger partial charge in [0.1, 0.15) is 0 Å². The zero-order valence-electron chi connectivity index (χ0n) is 4.11. The van der Waals surface area contributed by atoms with Gasteiger partial charge in [-0.15, -0.1) is 0 Å². The summed E-state index contributed by atoms with van der Waals surface area (Å²) in [6.07, 6.45) is 0. The molecule has 7 nitrogen and oxygen atoms in total. The Hall–Kier alpha value is 2.30. The monoisotopic (exact) mass is 314 g/mol. The average molecular weight is 314 g/mol. The van der Waals surface area contributed by atoms with E-state index in [1.807, 2.05) is 0 Å². The molecule has 0 aliphatic heterocycles. The van der Waals surface area contributed by atoms with Crippen LogP contribution in [0.1, 0.15) is 0 Å². The molecule has 11 heteroatoms. The van der Waals surface area contributed by atoms with Crippen molar-refractivity contribution in [2.75, 3.05) is 0 Å². The third-order valence-electron chi connectivity index (χ3n) is 0.172. The molecule has 2 N–H and O–H groups in total. The summed E-state index contributed by atoms with van der Waals surface area (Å²) >= 11 is -11.5. The minimum absolute atomic E-state index is 0. The van der Waals surface area contributed by atoms with Gasteiger partial charge in [-0.25, -0.2) is 0 Å². The summed E-state index contributed by atoms with van der Waals surface area (Å²) in [6, 6.07) is 0. The second-order valence-electron chi connectivity index (χ2n) is 0.924. The van der Waals surface area contributed by atoms with Crippen molar-refractivity contribution >= 4 is 51.4 Å². The van der Waals surface area contributed by atoms with Gasteiger partial charge in [0.15, 0.2) is 0 Å². The van der Waals surface area contributed by atoms with Crippen molar-refractivity contribution in [1.82, 2.24) is 0 Å². The van der Waals surface area contributed by atoms with Crippen LogP contribution in [-0.2, 0) is 62.3 Å². The van der Waals surface area contributed by atoms with Crippen LogP contribution in [-0.4, -0.2) is 59.7 Å². The Balaban J connectivity index is -0.000000320. The van der Waals surface area contributed by atoms with Crippen molar-refractivity contribution in [3.63, 3.8) is 0 Å². The van der Waals surface area contributed by atoms with E-state index in [1.54, 1.807) is 0 Å². The molecule has 11 heavy (non-hydrogen) atoms. The van der Waals surface area contributed by atoms with Gasteiger partial charge in [0.25, 0.3) is 0 Å². The SMILES string of the molecule is [Fe].[KH].[O]=[Cr](=[O])([OH])[O][Cr](=[O])(=[O])[OH]. The molecule has 0 spiro atoms. The molecule has 0 aliphatic rings. The fourth-order valence-electron chi connectivity index (χ4n) is 0.109. The van der Waals surface area contributed by atoms with E-state index in [0.29, 0.717) is 0 Å². The molecule has 66 valence electrons. The molecule has 0 heterocycles. The second-order valence-corrected chi connectivity index (χ2v) is 4.68. The topological polar surface area (TPSA) is 118 Å². The van der Waals surface area contributed by atoms with E-state index in [0.717, 1.165) is 0 Å². The quantitative estimate of drug-likeness (QED) is 0.550. The van der Waals surface area contributed by atoms with Gasteiger partial charge in [0.2, 0.25) is 0 Å². The molecule has 0 atom stereocenters. The molecule has 0 bridgehead atoms. The Labute approximate surface area is 120 Å². The molecular weight excluding hydrogens is 311 g/mol. The van der Waals surface area contributed by atoms with Crippen LogP contribution in [0, 0.1) is 0 Å². The molecule has 0 amide bonds. The molecule has 0 fully saturated rings. The average Bonchev–Trinajstić information content (AvgIpc) is 1.14. The van der Waals surface area contributed by atoms with Gasteiger partial charge < -0.3 is 0 Å². The maximum atomic E-state index is 9.53. The molecule has 0 saturated carbocycles. The zero-order chi connectivity index (χ0) is 7.71. The first-order chi connectivity index (χ1) is 3.71. The molecule has 0 rings (SSSR count). The Kier molecular flexibility index (Phi) is 11.6. The molecular formula is H3Cr2FeKO7. The second kappa shape index (κ2) is 6.71. The van der Waals surface area contributed by atoms with Crippen LogP contribution in [0.15, 0.2) is 0 Å². The van der Waals surface area contributed by atoms with Crippen molar-refractivity contribution in [3.8, 4) is 0 Å². The third-order valence-corrected chi connectivity index (χ3v) is 2.92. The molecule has 0 saturated heterocycles. The summed E-state index contributed by atoms with van der Waals surface area (Å²) in [6.45, 7) is 0. The predicted molar refractivity (Wildman–Crippen MR) is 15.4 cm³/mol. The fraction of sp³-hybridized carbons (Fsp3) is 0. The van der Waals surface area contributed by atoms with E-state index in [9.17, 15) is 15.2 Å². The summed E-state index contributed by atoms with van der Waals surface area (Å²) in [5.74, 6) is 0. The van der Waals surface area contributed by atoms with Gasteiger partial charge in [-0.1, -0.05) is 0 Å². The Morgan fingerprint density at radius 1 is 0.909 bits per heavy atom. The minimum atomic E-state index is -5.76. The summed E-state index contributed by atoms with van der Waals surface area (Å²) in [5, 5.41) is 0. The van der Waals surface area contributed by atoms with Crippen molar-refractivity contribution in [2.24, 2.45) is 0 Å². The Morgan fingerprint density at radius 3 is 1.09 bits per heavy atom. The van der Waals surface area contributed by atoms with Crippen molar-refractivity contribution < 1.29 is 70.7 Å².